The molecule has 0 heterocycles. The maximum absolute atomic E-state index is 12.7. The fourth-order valence-corrected chi connectivity index (χ4v) is 3.21. The van der Waals surface area contributed by atoms with Crippen molar-refractivity contribution >= 4 is 28.6 Å². The number of phenols is 1. The molecule has 0 fully saturated rings. The van der Waals surface area contributed by atoms with E-state index in [0.717, 1.165) is 16.3 Å². The SMILES string of the molecule is O=C(NCc1ccccc1)c1ccccc1N=Cc1c(O)ccc2ccccc12. The summed E-state index contributed by atoms with van der Waals surface area (Å²) < 4.78 is 0. The van der Waals surface area contributed by atoms with Crippen molar-refractivity contribution in [2.45, 2.75) is 6.54 Å². The van der Waals surface area contributed by atoms with E-state index in [1.165, 1.54) is 0 Å². The third-order valence-electron chi connectivity index (χ3n) is 4.72. The largest absolute Gasteiger partial charge is 0.507 e. The average Bonchev–Trinajstić information content (AvgIpc) is 2.78. The lowest BCUT2D eigenvalue weighted by Crippen LogP contribution is -2.22. The normalized spacial score (nSPS) is 11.0. The highest BCUT2D eigenvalue weighted by atomic mass is 16.3. The number of nitrogens with zero attached hydrogens (tertiary/aromatic N) is 1. The van der Waals surface area contributed by atoms with Gasteiger partial charge in [-0.25, -0.2) is 0 Å². The fraction of sp³-hybridized carbons (Fsp3) is 0.0400. The summed E-state index contributed by atoms with van der Waals surface area (Å²) in [4.78, 5) is 17.2. The second-order valence-corrected chi connectivity index (χ2v) is 6.66. The number of phenolic OH excluding ortho intramolecular Hbond substituents is 1. The molecule has 4 aromatic rings. The summed E-state index contributed by atoms with van der Waals surface area (Å²) in [6, 6.07) is 28.3. The van der Waals surface area contributed by atoms with Crippen molar-refractivity contribution in [3.8, 4) is 5.75 Å². The molecule has 4 rings (SSSR count). The molecule has 0 aliphatic carbocycles. The standard InChI is InChI=1S/C25H20N2O2/c28-24-15-14-19-10-4-5-11-20(19)22(24)17-26-23-13-7-6-12-21(23)25(29)27-16-18-8-2-1-3-9-18/h1-15,17,28H,16H2,(H,27,29). The van der Waals surface area contributed by atoms with Crippen LogP contribution in [0.3, 0.4) is 0 Å². The monoisotopic (exact) mass is 380 g/mol. The van der Waals surface area contributed by atoms with Gasteiger partial charge in [-0.3, -0.25) is 9.79 Å². The van der Waals surface area contributed by atoms with Crippen LogP contribution in [0.2, 0.25) is 0 Å². The first-order valence-electron chi connectivity index (χ1n) is 9.38. The number of benzene rings is 4. The van der Waals surface area contributed by atoms with Crippen LogP contribution >= 0.6 is 0 Å². The quantitative estimate of drug-likeness (QED) is 0.466. The molecule has 0 saturated carbocycles. The Morgan fingerprint density at radius 2 is 1.59 bits per heavy atom. The van der Waals surface area contributed by atoms with Gasteiger partial charge in [-0.05, 0) is 34.5 Å². The molecule has 0 aliphatic heterocycles. The molecule has 0 saturated heterocycles. The van der Waals surface area contributed by atoms with E-state index in [-0.39, 0.29) is 11.7 Å². The molecule has 0 bridgehead atoms. The lowest BCUT2D eigenvalue weighted by molar-refractivity contribution is 0.0951. The molecular weight excluding hydrogens is 360 g/mol. The van der Waals surface area contributed by atoms with Crippen molar-refractivity contribution in [1.29, 1.82) is 0 Å². The third-order valence-corrected chi connectivity index (χ3v) is 4.72. The molecule has 0 radical (unpaired) electrons. The van der Waals surface area contributed by atoms with Crippen LogP contribution < -0.4 is 5.32 Å². The highest BCUT2D eigenvalue weighted by Gasteiger charge is 2.11. The van der Waals surface area contributed by atoms with Gasteiger partial charge >= 0.3 is 0 Å². The molecule has 0 aliphatic rings. The summed E-state index contributed by atoms with van der Waals surface area (Å²) in [6.45, 7) is 0.446. The van der Waals surface area contributed by atoms with Crippen LogP contribution in [0, 0.1) is 0 Å². The van der Waals surface area contributed by atoms with Crippen molar-refractivity contribution in [3.05, 3.63) is 108 Å². The molecule has 1 amide bonds. The number of hydrogen-bond donors (Lipinski definition) is 2. The molecule has 0 aromatic heterocycles. The van der Waals surface area contributed by atoms with Crippen LogP contribution in [0.5, 0.6) is 5.75 Å². The minimum absolute atomic E-state index is 0.151. The van der Waals surface area contributed by atoms with Crippen molar-refractivity contribution in [2.75, 3.05) is 0 Å². The van der Waals surface area contributed by atoms with E-state index in [2.05, 4.69) is 10.3 Å². The predicted molar refractivity (Wildman–Crippen MR) is 117 cm³/mol. The van der Waals surface area contributed by atoms with E-state index in [0.29, 0.717) is 23.4 Å². The second-order valence-electron chi connectivity index (χ2n) is 6.66. The zero-order chi connectivity index (χ0) is 20.1. The summed E-state index contributed by atoms with van der Waals surface area (Å²) >= 11 is 0. The first-order valence-corrected chi connectivity index (χ1v) is 9.38. The lowest BCUT2D eigenvalue weighted by Gasteiger charge is -2.08. The lowest BCUT2D eigenvalue weighted by atomic mass is 10.0. The summed E-state index contributed by atoms with van der Waals surface area (Å²) in [7, 11) is 0. The minimum atomic E-state index is -0.191. The van der Waals surface area contributed by atoms with E-state index < -0.39 is 0 Å². The topological polar surface area (TPSA) is 61.7 Å². The molecule has 0 atom stereocenters. The van der Waals surface area contributed by atoms with Gasteiger partial charge in [0, 0.05) is 18.3 Å². The predicted octanol–water partition coefficient (Wildman–Crippen LogP) is 5.23. The number of para-hydroxylation sites is 1. The van der Waals surface area contributed by atoms with Crippen molar-refractivity contribution in [3.63, 3.8) is 0 Å². The maximum atomic E-state index is 12.7. The Kier molecular flexibility index (Phi) is 5.34. The molecule has 4 aromatic carbocycles. The van der Waals surface area contributed by atoms with Gasteiger partial charge in [0.05, 0.1) is 11.3 Å². The average molecular weight is 380 g/mol. The Morgan fingerprint density at radius 1 is 0.862 bits per heavy atom. The van der Waals surface area contributed by atoms with Crippen molar-refractivity contribution in [2.24, 2.45) is 4.99 Å². The summed E-state index contributed by atoms with van der Waals surface area (Å²) in [5.41, 5.74) is 2.69. The van der Waals surface area contributed by atoms with E-state index in [1.54, 1.807) is 24.4 Å². The Hall–Kier alpha value is -3.92. The Morgan fingerprint density at radius 3 is 2.45 bits per heavy atom. The number of carbonyl (C=O) groups is 1. The first kappa shape index (κ1) is 18.4. The number of hydrogen-bond acceptors (Lipinski definition) is 3. The smallest absolute Gasteiger partial charge is 0.253 e. The van der Waals surface area contributed by atoms with Gasteiger partial charge in [-0.2, -0.15) is 0 Å². The van der Waals surface area contributed by atoms with E-state index in [4.69, 9.17) is 0 Å². The Balaban J connectivity index is 1.61. The van der Waals surface area contributed by atoms with Crippen LogP contribution in [0.4, 0.5) is 5.69 Å². The van der Waals surface area contributed by atoms with Crippen LogP contribution in [-0.4, -0.2) is 17.2 Å². The highest BCUT2D eigenvalue weighted by molar-refractivity contribution is 6.04. The van der Waals surface area contributed by atoms with Gasteiger partial charge in [-0.15, -0.1) is 0 Å². The van der Waals surface area contributed by atoms with Crippen LogP contribution in [0.1, 0.15) is 21.5 Å². The van der Waals surface area contributed by atoms with Gasteiger partial charge in [-0.1, -0.05) is 72.8 Å². The third kappa shape index (κ3) is 4.17. The molecular formula is C25H20N2O2. The first-order chi connectivity index (χ1) is 14.2. The molecule has 0 unspecified atom stereocenters. The van der Waals surface area contributed by atoms with Crippen molar-refractivity contribution < 1.29 is 9.90 Å². The maximum Gasteiger partial charge on any atom is 0.253 e. The molecule has 0 spiro atoms. The molecule has 142 valence electrons. The fourth-order valence-electron chi connectivity index (χ4n) is 3.21. The molecule has 29 heavy (non-hydrogen) atoms. The van der Waals surface area contributed by atoms with Gasteiger partial charge in [0.25, 0.3) is 5.91 Å². The van der Waals surface area contributed by atoms with E-state index >= 15 is 0 Å². The number of carbonyl (C=O) groups excluding carboxylic acids is 1. The number of nitrogens with one attached hydrogen (secondary N) is 1. The zero-order valence-electron chi connectivity index (χ0n) is 15.7. The number of aromatic hydroxyl groups is 1. The second kappa shape index (κ2) is 8.40. The van der Waals surface area contributed by atoms with Gasteiger partial charge < -0.3 is 10.4 Å². The summed E-state index contributed by atoms with van der Waals surface area (Å²) in [6.07, 6.45) is 1.61. The van der Waals surface area contributed by atoms with Crippen LogP contribution in [-0.2, 0) is 6.54 Å². The number of rotatable bonds is 5. The summed E-state index contributed by atoms with van der Waals surface area (Å²) in [5.74, 6) is -0.0396. The Labute approximate surface area is 169 Å². The van der Waals surface area contributed by atoms with E-state index in [9.17, 15) is 9.90 Å². The van der Waals surface area contributed by atoms with Gasteiger partial charge in [0.1, 0.15) is 5.75 Å². The molecule has 2 N–H and O–H groups in total. The molecule has 4 nitrogen and oxygen atoms in total. The number of amides is 1. The minimum Gasteiger partial charge on any atom is -0.507 e. The Bertz CT molecular complexity index is 1180. The number of aliphatic imine (C=N–C) groups is 1. The van der Waals surface area contributed by atoms with Crippen LogP contribution in [0.25, 0.3) is 10.8 Å². The van der Waals surface area contributed by atoms with Crippen molar-refractivity contribution in [1.82, 2.24) is 5.32 Å². The highest BCUT2D eigenvalue weighted by Crippen LogP contribution is 2.27. The van der Waals surface area contributed by atoms with E-state index in [1.807, 2.05) is 72.8 Å². The van der Waals surface area contributed by atoms with Gasteiger partial charge in [0.15, 0.2) is 0 Å². The zero-order valence-corrected chi connectivity index (χ0v) is 15.7. The van der Waals surface area contributed by atoms with Crippen LogP contribution in [0.15, 0.2) is 96.0 Å². The summed E-state index contributed by atoms with van der Waals surface area (Å²) in [5, 5.41) is 15.2. The number of fused-ring (bicyclic) bond motifs is 1. The van der Waals surface area contributed by atoms with Gasteiger partial charge in [0.2, 0.25) is 0 Å². The molecule has 4 heteroatoms.